The van der Waals surface area contributed by atoms with E-state index in [1.165, 1.54) is 0 Å². The maximum atomic E-state index is 12.4. The van der Waals surface area contributed by atoms with Crippen molar-refractivity contribution in [2.24, 2.45) is 15.9 Å². The number of carbonyl (C=O) groups is 1. The van der Waals surface area contributed by atoms with Crippen molar-refractivity contribution in [2.45, 2.75) is 13.3 Å². The first kappa shape index (κ1) is 14.3. The van der Waals surface area contributed by atoms with E-state index < -0.39 is 5.92 Å². The molecule has 0 saturated heterocycles. The van der Waals surface area contributed by atoms with Crippen LogP contribution in [0.1, 0.15) is 16.7 Å². The van der Waals surface area contributed by atoms with Gasteiger partial charge in [-0.1, -0.05) is 45.8 Å². The van der Waals surface area contributed by atoms with Gasteiger partial charge in [-0.05, 0) is 37.1 Å². The summed E-state index contributed by atoms with van der Waals surface area (Å²) in [5.74, 6) is 1.02. The van der Waals surface area contributed by atoms with Gasteiger partial charge in [-0.3, -0.25) is 4.79 Å². The molecule has 114 valence electrons. The van der Waals surface area contributed by atoms with E-state index in [2.05, 4.69) is 25.9 Å². The molecule has 0 aliphatic carbocycles. The Bertz CT molecular complexity index is 869. The number of hydrogen-bond donors (Lipinski definition) is 0. The van der Waals surface area contributed by atoms with Crippen LogP contribution < -0.4 is 4.74 Å². The van der Waals surface area contributed by atoms with Crippen molar-refractivity contribution >= 4 is 33.6 Å². The van der Waals surface area contributed by atoms with Crippen LogP contribution in [0.4, 0.5) is 0 Å². The lowest BCUT2D eigenvalue weighted by Crippen LogP contribution is -2.37. The zero-order valence-corrected chi connectivity index (χ0v) is 14.0. The molecule has 2 aromatic carbocycles. The standard InChI is InChI=1S/C18H13BrN2O2/c1-10-2-7-15-12(8-10)9-14-17(22)20-16(21-18(14)23-15)11-3-5-13(19)6-4-11/h2-8,14H,9H2,1H3. The summed E-state index contributed by atoms with van der Waals surface area (Å²) in [5.41, 5.74) is 2.98. The average Bonchev–Trinajstić information content (AvgIpc) is 2.54. The Morgan fingerprint density at radius 2 is 1.91 bits per heavy atom. The molecule has 0 saturated carbocycles. The Hall–Kier alpha value is -2.27. The SMILES string of the molecule is Cc1ccc2c(c1)CC1C(=O)N=C(c3ccc(Br)cc3)N=C1O2. The van der Waals surface area contributed by atoms with E-state index in [0.29, 0.717) is 18.2 Å². The van der Waals surface area contributed by atoms with Crippen molar-refractivity contribution in [1.82, 2.24) is 0 Å². The monoisotopic (exact) mass is 368 g/mol. The van der Waals surface area contributed by atoms with E-state index >= 15 is 0 Å². The van der Waals surface area contributed by atoms with E-state index in [0.717, 1.165) is 26.9 Å². The molecule has 4 nitrogen and oxygen atoms in total. The minimum atomic E-state index is -0.413. The van der Waals surface area contributed by atoms with Gasteiger partial charge >= 0.3 is 0 Å². The number of hydrogen-bond acceptors (Lipinski definition) is 3. The Labute approximate surface area is 142 Å². The number of amides is 1. The Kier molecular flexibility index (Phi) is 3.38. The molecule has 5 heteroatoms. The first-order valence-electron chi connectivity index (χ1n) is 7.34. The van der Waals surface area contributed by atoms with Crippen LogP contribution in [-0.2, 0) is 11.2 Å². The van der Waals surface area contributed by atoms with Crippen molar-refractivity contribution in [3.63, 3.8) is 0 Å². The maximum absolute atomic E-state index is 12.4. The molecular formula is C18H13BrN2O2. The van der Waals surface area contributed by atoms with Gasteiger partial charge in [0.2, 0.25) is 5.90 Å². The Morgan fingerprint density at radius 3 is 2.70 bits per heavy atom. The molecule has 4 rings (SSSR count). The fourth-order valence-electron chi connectivity index (χ4n) is 2.79. The van der Waals surface area contributed by atoms with E-state index in [-0.39, 0.29) is 5.91 Å². The highest BCUT2D eigenvalue weighted by atomic mass is 79.9. The van der Waals surface area contributed by atoms with Gasteiger partial charge in [-0.2, -0.15) is 9.98 Å². The molecule has 2 heterocycles. The quantitative estimate of drug-likeness (QED) is 0.770. The number of amidine groups is 1. The van der Waals surface area contributed by atoms with E-state index in [9.17, 15) is 4.79 Å². The molecular weight excluding hydrogens is 356 g/mol. The van der Waals surface area contributed by atoms with Crippen LogP contribution in [0, 0.1) is 12.8 Å². The molecule has 2 aromatic rings. The normalized spacial score (nSPS) is 19.2. The zero-order chi connectivity index (χ0) is 16.0. The first-order valence-corrected chi connectivity index (χ1v) is 8.14. The number of carbonyl (C=O) groups excluding carboxylic acids is 1. The second kappa shape index (κ2) is 5.42. The van der Waals surface area contributed by atoms with Gasteiger partial charge in [0.1, 0.15) is 11.7 Å². The van der Waals surface area contributed by atoms with Gasteiger partial charge in [0, 0.05) is 10.0 Å². The van der Waals surface area contributed by atoms with Crippen LogP contribution in [0.15, 0.2) is 56.9 Å². The van der Waals surface area contributed by atoms with Gasteiger partial charge in [-0.25, -0.2) is 0 Å². The minimum absolute atomic E-state index is 0.194. The lowest BCUT2D eigenvalue weighted by Gasteiger charge is -2.27. The molecule has 23 heavy (non-hydrogen) atoms. The van der Waals surface area contributed by atoms with E-state index in [1.54, 1.807) is 0 Å². The van der Waals surface area contributed by atoms with Gasteiger partial charge in [0.15, 0.2) is 5.84 Å². The number of aliphatic imine (C=N–C) groups is 2. The third-order valence-corrected chi connectivity index (χ3v) is 4.51. The highest BCUT2D eigenvalue weighted by molar-refractivity contribution is 9.10. The lowest BCUT2D eigenvalue weighted by atomic mass is 9.93. The molecule has 1 amide bonds. The second-order valence-corrected chi connectivity index (χ2v) is 6.62. The molecule has 2 aliphatic heterocycles. The zero-order valence-electron chi connectivity index (χ0n) is 12.4. The molecule has 1 atom stereocenters. The topological polar surface area (TPSA) is 51.0 Å². The summed E-state index contributed by atoms with van der Waals surface area (Å²) in [5, 5.41) is 0. The molecule has 0 radical (unpaired) electrons. The summed E-state index contributed by atoms with van der Waals surface area (Å²) in [6, 6.07) is 13.5. The summed E-state index contributed by atoms with van der Waals surface area (Å²) in [7, 11) is 0. The highest BCUT2D eigenvalue weighted by Gasteiger charge is 2.35. The third kappa shape index (κ3) is 2.61. The molecule has 0 aromatic heterocycles. The Morgan fingerprint density at radius 1 is 1.13 bits per heavy atom. The van der Waals surface area contributed by atoms with Gasteiger partial charge in [-0.15, -0.1) is 0 Å². The summed E-state index contributed by atoms with van der Waals surface area (Å²) < 4.78 is 6.84. The van der Waals surface area contributed by atoms with Crippen molar-refractivity contribution in [3.8, 4) is 5.75 Å². The van der Waals surface area contributed by atoms with E-state index in [4.69, 9.17) is 4.74 Å². The van der Waals surface area contributed by atoms with Gasteiger partial charge in [0.05, 0.1) is 0 Å². The predicted molar refractivity (Wildman–Crippen MR) is 92.1 cm³/mol. The van der Waals surface area contributed by atoms with Crippen LogP contribution in [-0.4, -0.2) is 17.6 Å². The fourth-order valence-corrected chi connectivity index (χ4v) is 3.06. The molecule has 0 spiro atoms. The fraction of sp³-hybridized carbons (Fsp3) is 0.167. The summed E-state index contributed by atoms with van der Waals surface area (Å²) in [6.07, 6.45) is 0.589. The largest absolute Gasteiger partial charge is 0.442 e. The highest BCUT2D eigenvalue weighted by Crippen LogP contribution is 2.31. The summed E-state index contributed by atoms with van der Waals surface area (Å²) in [4.78, 5) is 21.1. The predicted octanol–water partition coefficient (Wildman–Crippen LogP) is 3.69. The number of rotatable bonds is 1. The second-order valence-electron chi connectivity index (χ2n) is 5.70. The molecule has 0 fully saturated rings. The van der Waals surface area contributed by atoms with Crippen molar-refractivity contribution in [3.05, 3.63) is 63.6 Å². The number of aryl methyl sites for hydroxylation is 1. The lowest BCUT2D eigenvalue weighted by molar-refractivity contribution is -0.120. The van der Waals surface area contributed by atoms with Crippen LogP contribution in [0.3, 0.4) is 0 Å². The van der Waals surface area contributed by atoms with Gasteiger partial charge in [0.25, 0.3) is 5.91 Å². The molecule has 0 bridgehead atoms. The molecule has 1 unspecified atom stereocenters. The Balaban J connectivity index is 1.72. The van der Waals surface area contributed by atoms with Crippen LogP contribution in [0.2, 0.25) is 0 Å². The minimum Gasteiger partial charge on any atom is -0.442 e. The molecule has 0 N–H and O–H groups in total. The van der Waals surface area contributed by atoms with Gasteiger partial charge < -0.3 is 4.74 Å². The summed E-state index contributed by atoms with van der Waals surface area (Å²) in [6.45, 7) is 2.02. The summed E-state index contributed by atoms with van der Waals surface area (Å²) >= 11 is 3.39. The smallest absolute Gasteiger partial charge is 0.260 e. The van der Waals surface area contributed by atoms with Crippen molar-refractivity contribution in [1.29, 1.82) is 0 Å². The third-order valence-electron chi connectivity index (χ3n) is 3.99. The van der Waals surface area contributed by atoms with Crippen LogP contribution in [0.5, 0.6) is 5.75 Å². The molecule has 2 aliphatic rings. The van der Waals surface area contributed by atoms with Crippen LogP contribution >= 0.6 is 15.9 Å². The van der Waals surface area contributed by atoms with E-state index in [1.807, 2.05) is 49.4 Å². The number of benzene rings is 2. The van der Waals surface area contributed by atoms with Crippen molar-refractivity contribution in [2.75, 3.05) is 0 Å². The average molecular weight is 369 g/mol. The van der Waals surface area contributed by atoms with Crippen LogP contribution in [0.25, 0.3) is 0 Å². The first-order chi connectivity index (χ1) is 11.1. The number of ether oxygens (including phenoxy) is 1. The maximum Gasteiger partial charge on any atom is 0.260 e. The van der Waals surface area contributed by atoms with Crippen molar-refractivity contribution < 1.29 is 9.53 Å². The number of halogens is 1. The number of fused-ring (bicyclic) bond motifs is 2. The number of nitrogens with zero attached hydrogens (tertiary/aromatic N) is 2.